The standard InChI is InChI=1S/C16H22N4O2/c1-5-22-13-6-7-14(11(2)8-13)19-16(21)15(17-3)12-9-18-20(4)10-12/h6-10,15,17H,5H2,1-4H3,(H,19,21). The van der Waals surface area contributed by atoms with E-state index < -0.39 is 6.04 Å². The van der Waals surface area contributed by atoms with Crippen molar-refractivity contribution in [3.63, 3.8) is 0 Å². The summed E-state index contributed by atoms with van der Waals surface area (Å²) in [6, 6.07) is 5.18. The lowest BCUT2D eigenvalue weighted by molar-refractivity contribution is -0.118. The number of amides is 1. The van der Waals surface area contributed by atoms with Crippen LogP contribution in [0.15, 0.2) is 30.6 Å². The van der Waals surface area contributed by atoms with Crippen molar-refractivity contribution in [3.05, 3.63) is 41.7 Å². The molecule has 0 aliphatic rings. The molecule has 1 aromatic heterocycles. The third-order valence-corrected chi connectivity index (χ3v) is 3.38. The van der Waals surface area contributed by atoms with Crippen LogP contribution in [0.25, 0.3) is 0 Å². The summed E-state index contributed by atoms with van der Waals surface area (Å²) in [4.78, 5) is 12.5. The first-order valence-electron chi connectivity index (χ1n) is 7.25. The lowest BCUT2D eigenvalue weighted by Gasteiger charge is -2.16. The highest BCUT2D eigenvalue weighted by Gasteiger charge is 2.20. The Kier molecular flexibility index (Phi) is 5.16. The van der Waals surface area contributed by atoms with Gasteiger partial charge in [0.15, 0.2) is 0 Å². The maximum Gasteiger partial charge on any atom is 0.246 e. The maximum atomic E-state index is 12.5. The van der Waals surface area contributed by atoms with Gasteiger partial charge >= 0.3 is 0 Å². The Hall–Kier alpha value is -2.34. The fourth-order valence-electron chi connectivity index (χ4n) is 2.28. The molecule has 0 saturated heterocycles. The average Bonchev–Trinajstić information content (AvgIpc) is 2.89. The van der Waals surface area contributed by atoms with Crippen LogP contribution in [0.3, 0.4) is 0 Å². The Morgan fingerprint density at radius 2 is 2.23 bits per heavy atom. The summed E-state index contributed by atoms with van der Waals surface area (Å²) in [5.74, 6) is 0.679. The van der Waals surface area contributed by atoms with Crippen LogP contribution in [0.5, 0.6) is 5.75 Å². The molecule has 1 unspecified atom stereocenters. The van der Waals surface area contributed by atoms with Crippen LogP contribution < -0.4 is 15.4 Å². The van der Waals surface area contributed by atoms with E-state index in [1.807, 2.05) is 45.3 Å². The third kappa shape index (κ3) is 3.65. The Morgan fingerprint density at radius 3 is 2.77 bits per heavy atom. The summed E-state index contributed by atoms with van der Waals surface area (Å²) >= 11 is 0. The predicted octanol–water partition coefficient (Wildman–Crippen LogP) is 2.03. The van der Waals surface area contributed by atoms with Gasteiger partial charge in [0.05, 0.1) is 12.8 Å². The van der Waals surface area contributed by atoms with Crippen LogP contribution in [0.1, 0.15) is 24.1 Å². The molecule has 6 nitrogen and oxygen atoms in total. The molecule has 0 radical (unpaired) electrons. The summed E-state index contributed by atoms with van der Waals surface area (Å²) in [7, 11) is 3.58. The molecule has 0 aliphatic heterocycles. The molecule has 1 heterocycles. The Morgan fingerprint density at radius 1 is 1.45 bits per heavy atom. The summed E-state index contributed by atoms with van der Waals surface area (Å²) < 4.78 is 7.13. The molecule has 0 aliphatic carbocycles. The first-order valence-corrected chi connectivity index (χ1v) is 7.25. The summed E-state index contributed by atoms with van der Waals surface area (Å²) in [5.41, 5.74) is 2.56. The van der Waals surface area contributed by atoms with Gasteiger partial charge in [-0.2, -0.15) is 5.10 Å². The van der Waals surface area contributed by atoms with E-state index in [-0.39, 0.29) is 5.91 Å². The molecule has 2 N–H and O–H groups in total. The second-order valence-corrected chi connectivity index (χ2v) is 5.07. The molecule has 1 amide bonds. The molecule has 0 saturated carbocycles. The van der Waals surface area contributed by atoms with Crippen LogP contribution in [0.2, 0.25) is 0 Å². The lowest BCUT2D eigenvalue weighted by Crippen LogP contribution is -2.30. The van der Waals surface area contributed by atoms with E-state index in [9.17, 15) is 4.79 Å². The Balaban J connectivity index is 2.13. The smallest absolute Gasteiger partial charge is 0.246 e. The van der Waals surface area contributed by atoms with E-state index in [0.717, 1.165) is 22.6 Å². The van der Waals surface area contributed by atoms with Crippen molar-refractivity contribution in [2.24, 2.45) is 7.05 Å². The normalized spacial score (nSPS) is 12.0. The first kappa shape index (κ1) is 16.0. The number of carbonyl (C=O) groups is 1. The number of aryl methyl sites for hydroxylation is 2. The fraction of sp³-hybridized carbons (Fsp3) is 0.375. The number of likely N-dealkylation sites (N-methyl/N-ethyl adjacent to an activating group) is 1. The molecular weight excluding hydrogens is 280 g/mol. The van der Waals surface area contributed by atoms with E-state index in [1.165, 1.54) is 0 Å². The zero-order valence-corrected chi connectivity index (χ0v) is 13.4. The van der Waals surface area contributed by atoms with Crippen molar-refractivity contribution in [2.75, 3.05) is 19.0 Å². The maximum absolute atomic E-state index is 12.5. The van der Waals surface area contributed by atoms with Gasteiger partial charge in [0.25, 0.3) is 0 Å². The van der Waals surface area contributed by atoms with Crippen molar-refractivity contribution in [1.82, 2.24) is 15.1 Å². The van der Waals surface area contributed by atoms with Gasteiger partial charge in [0, 0.05) is 24.5 Å². The van der Waals surface area contributed by atoms with Gasteiger partial charge in [0.2, 0.25) is 5.91 Å². The number of carbonyl (C=O) groups excluding carboxylic acids is 1. The Labute approximate surface area is 130 Å². The Bertz CT molecular complexity index is 651. The van der Waals surface area contributed by atoms with Crippen LogP contribution in [-0.4, -0.2) is 29.3 Å². The number of ether oxygens (including phenoxy) is 1. The molecule has 22 heavy (non-hydrogen) atoms. The third-order valence-electron chi connectivity index (χ3n) is 3.38. The monoisotopic (exact) mass is 302 g/mol. The van der Waals surface area contributed by atoms with Crippen LogP contribution >= 0.6 is 0 Å². The van der Waals surface area contributed by atoms with Crippen LogP contribution in [-0.2, 0) is 11.8 Å². The lowest BCUT2D eigenvalue weighted by atomic mass is 10.1. The molecule has 2 aromatic rings. The highest BCUT2D eigenvalue weighted by Crippen LogP contribution is 2.23. The molecule has 0 spiro atoms. The zero-order valence-electron chi connectivity index (χ0n) is 13.4. The molecule has 118 valence electrons. The fourth-order valence-corrected chi connectivity index (χ4v) is 2.28. The molecular formula is C16H22N4O2. The van der Waals surface area contributed by atoms with E-state index in [0.29, 0.717) is 6.61 Å². The van der Waals surface area contributed by atoms with Crippen molar-refractivity contribution in [1.29, 1.82) is 0 Å². The van der Waals surface area contributed by atoms with Gasteiger partial charge in [-0.05, 0) is 44.7 Å². The number of anilines is 1. The highest BCUT2D eigenvalue weighted by atomic mass is 16.5. The van der Waals surface area contributed by atoms with E-state index in [1.54, 1.807) is 17.9 Å². The minimum atomic E-state index is -0.445. The highest BCUT2D eigenvalue weighted by molar-refractivity contribution is 5.96. The largest absolute Gasteiger partial charge is 0.494 e. The van der Waals surface area contributed by atoms with Crippen molar-refractivity contribution in [2.45, 2.75) is 19.9 Å². The van der Waals surface area contributed by atoms with Crippen molar-refractivity contribution >= 4 is 11.6 Å². The first-order chi connectivity index (χ1) is 10.5. The number of rotatable bonds is 6. The van der Waals surface area contributed by atoms with Crippen LogP contribution in [0, 0.1) is 6.92 Å². The molecule has 1 atom stereocenters. The minimum Gasteiger partial charge on any atom is -0.494 e. The molecule has 0 bridgehead atoms. The van der Waals surface area contributed by atoms with Crippen molar-refractivity contribution < 1.29 is 9.53 Å². The summed E-state index contributed by atoms with van der Waals surface area (Å²) in [5, 5.41) is 10.1. The summed E-state index contributed by atoms with van der Waals surface area (Å²) in [6.45, 7) is 4.50. The number of hydrogen-bond donors (Lipinski definition) is 2. The minimum absolute atomic E-state index is 0.122. The number of hydrogen-bond acceptors (Lipinski definition) is 4. The molecule has 1 aromatic carbocycles. The van der Waals surface area contributed by atoms with Gasteiger partial charge in [-0.25, -0.2) is 0 Å². The van der Waals surface area contributed by atoms with Gasteiger partial charge in [0.1, 0.15) is 11.8 Å². The predicted molar refractivity (Wildman–Crippen MR) is 86.0 cm³/mol. The van der Waals surface area contributed by atoms with Gasteiger partial charge in [-0.15, -0.1) is 0 Å². The average molecular weight is 302 g/mol. The zero-order chi connectivity index (χ0) is 16.1. The van der Waals surface area contributed by atoms with E-state index in [4.69, 9.17) is 4.74 Å². The SMILES string of the molecule is CCOc1ccc(NC(=O)C(NC)c2cnn(C)c2)c(C)c1. The molecule has 0 fully saturated rings. The van der Waals surface area contributed by atoms with Gasteiger partial charge in [-0.3, -0.25) is 9.48 Å². The number of nitrogens with one attached hydrogen (secondary N) is 2. The van der Waals surface area contributed by atoms with Crippen molar-refractivity contribution in [3.8, 4) is 5.75 Å². The second kappa shape index (κ2) is 7.09. The number of benzene rings is 1. The van der Waals surface area contributed by atoms with Crippen LogP contribution in [0.4, 0.5) is 5.69 Å². The van der Waals surface area contributed by atoms with Gasteiger partial charge < -0.3 is 15.4 Å². The molecule has 6 heteroatoms. The quantitative estimate of drug-likeness (QED) is 0.856. The topological polar surface area (TPSA) is 68.2 Å². The number of aromatic nitrogens is 2. The second-order valence-electron chi connectivity index (χ2n) is 5.07. The summed E-state index contributed by atoms with van der Waals surface area (Å²) in [6.07, 6.45) is 3.51. The van der Waals surface area contributed by atoms with E-state index in [2.05, 4.69) is 15.7 Å². The number of nitrogens with zero attached hydrogens (tertiary/aromatic N) is 2. The molecule has 2 rings (SSSR count). The van der Waals surface area contributed by atoms with E-state index >= 15 is 0 Å². The van der Waals surface area contributed by atoms with Gasteiger partial charge in [-0.1, -0.05) is 0 Å².